The van der Waals surface area contributed by atoms with Crippen LogP contribution in [0.2, 0.25) is 0 Å². The molecule has 0 saturated carbocycles. The molecule has 0 fully saturated rings. The first-order chi connectivity index (χ1) is 22.7. The van der Waals surface area contributed by atoms with E-state index in [-0.39, 0.29) is 20.1 Å². The van der Waals surface area contributed by atoms with Crippen molar-refractivity contribution in [2.75, 3.05) is 0 Å². The van der Waals surface area contributed by atoms with E-state index >= 15 is 0 Å². The fourth-order valence-corrected chi connectivity index (χ4v) is 4.02. The van der Waals surface area contributed by atoms with Crippen molar-refractivity contribution in [2.45, 2.75) is 18.5 Å². The van der Waals surface area contributed by atoms with Crippen molar-refractivity contribution in [1.29, 1.82) is 0 Å². The number of rotatable bonds is 3. The van der Waals surface area contributed by atoms with E-state index in [0.717, 1.165) is 53.5 Å². The summed E-state index contributed by atoms with van der Waals surface area (Å²) in [6.45, 7) is 0. The normalized spacial score (nSPS) is 11.2. The molecule has 0 unspecified atom stereocenters. The van der Waals surface area contributed by atoms with Crippen LogP contribution in [-0.2, 0) is 38.6 Å². The Morgan fingerprint density at radius 3 is 0.694 bits per heavy atom. The van der Waals surface area contributed by atoms with Crippen molar-refractivity contribution in [2.24, 2.45) is 0 Å². The van der Waals surface area contributed by atoms with Crippen molar-refractivity contribution in [3.63, 3.8) is 0 Å². The molecule has 0 aliphatic heterocycles. The van der Waals surface area contributed by atoms with Crippen LogP contribution in [0, 0.1) is 0 Å². The zero-order valence-corrected chi connectivity index (χ0v) is 27.3. The SMILES string of the molecule is FC(F)(F)c1ccc(-c2ccccc2)nc1.FC(F)(F)c1ccc(-c2ccccc2)nc1.FC(F)(F)c1ccc(-c2ccccc2)nc1.[Ir+3]. The third kappa shape index (κ3) is 11.7. The molecule has 0 spiro atoms. The third-order valence-corrected chi connectivity index (χ3v) is 6.48. The van der Waals surface area contributed by atoms with Gasteiger partial charge in [-0.15, -0.1) is 0 Å². The van der Waals surface area contributed by atoms with E-state index in [0.29, 0.717) is 17.1 Å². The first kappa shape index (κ1) is 38.6. The molecule has 0 aliphatic carbocycles. The summed E-state index contributed by atoms with van der Waals surface area (Å²) >= 11 is 0. The van der Waals surface area contributed by atoms with Gasteiger partial charge in [-0.05, 0) is 36.4 Å². The summed E-state index contributed by atoms with van der Waals surface area (Å²) < 4.78 is 111. The topological polar surface area (TPSA) is 38.7 Å². The molecule has 0 saturated heterocycles. The number of hydrogen-bond donors (Lipinski definition) is 0. The van der Waals surface area contributed by atoms with Crippen molar-refractivity contribution in [1.82, 2.24) is 15.0 Å². The van der Waals surface area contributed by atoms with Crippen molar-refractivity contribution >= 4 is 0 Å². The van der Waals surface area contributed by atoms with Gasteiger partial charge in [-0.2, -0.15) is 39.5 Å². The van der Waals surface area contributed by atoms with Crippen molar-refractivity contribution in [3.05, 3.63) is 163 Å². The second-order valence-electron chi connectivity index (χ2n) is 9.89. The van der Waals surface area contributed by atoms with Gasteiger partial charge in [0.05, 0.1) is 33.8 Å². The summed E-state index contributed by atoms with van der Waals surface area (Å²) in [5, 5.41) is 0. The van der Waals surface area contributed by atoms with E-state index < -0.39 is 35.2 Å². The van der Waals surface area contributed by atoms with Crippen LogP contribution >= 0.6 is 0 Å². The molecule has 252 valence electrons. The number of pyridine rings is 3. The Labute approximate surface area is 288 Å². The van der Waals surface area contributed by atoms with Crippen LogP contribution in [0.1, 0.15) is 16.7 Å². The Morgan fingerprint density at radius 2 is 0.531 bits per heavy atom. The predicted octanol–water partition coefficient (Wildman–Crippen LogP) is 11.3. The minimum Gasteiger partial charge on any atom is -0.256 e. The smallest absolute Gasteiger partial charge is 0.256 e. The van der Waals surface area contributed by atoms with Gasteiger partial charge >= 0.3 is 38.6 Å². The standard InChI is InChI=1S/3C12H8F3N.Ir/c3*13-12(14,15)10-6-7-11(16-8-10)9-4-2-1-3-5-9;/h3*1-8H;/q;;;+3. The number of halogens is 9. The summed E-state index contributed by atoms with van der Waals surface area (Å²) in [4.78, 5) is 11.4. The average molecular weight is 862 g/mol. The number of benzene rings is 3. The Hall–Kier alpha value is -4.87. The van der Waals surface area contributed by atoms with Gasteiger partial charge in [0.25, 0.3) is 0 Å². The maximum absolute atomic E-state index is 12.3. The van der Waals surface area contributed by atoms with Crippen molar-refractivity contribution < 1.29 is 59.6 Å². The van der Waals surface area contributed by atoms with Crippen LogP contribution in [0.3, 0.4) is 0 Å². The molecule has 3 heterocycles. The van der Waals surface area contributed by atoms with Gasteiger partial charge in [-0.3, -0.25) is 15.0 Å². The molecule has 49 heavy (non-hydrogen) atoms. The molecular weight excluding hydrogens is 838 g/mol. The molecule has 3 nitrogen and oxygen atoms in total. The maximum atomic E-state index is 12.3. The van der Waals surface area contributed by atoms with E-state index in [4.69, 9.17) is 0 Å². The van der Waals surface area contributed by atoms with Crippen LogP contribution in [0.25, 0.3) is 33.8 Å². The molecule has 3 aromatic carbocycles. The summed E-state index contributed by atoms with van der Waals surface area (Å²) in [6.07, 6.45) is -10.4. The van der Waals surface area contributed by atoms with Gasteiger partial charge in [-0.1, -0.05) is 91.0 Å². The molecular formula is C36H24F9IrN3+3. The molecule has 0 atom stereocenters. The third-order valence-electron chi connectivity index (χ3n) is 6.48. The van der Waals surface area contributed by atoms with Gasteiger partial charge in [0, 0.05) is 35.3 Å². The zero-order chi connectivity index (χ0) is 34.8. The second-order valence-corrected chi connectivity index (χ2v) is 9.89. The van der Waals surface area contributed by atoms with E-state index in [2.05, 4.69) is 15.0 Å². The molecule has 0 radical (unpaired) electrons. The van der Waals surface area contributed by atoms with E-state index in [1.165, 1.54) is 18.2 Å². The Balaban J connectivity index is 0.000000197. The zero-order valence-electron chi connectivity index (χ0n) is 24.9. The fraction of sp³-hybridized carbons (Fsp3) is 0.0833. The minimum absolute atomic E-state index is 0. The summed E-state index contributed by atoms with van der Waals surface area (Å²) in [6, 6.07) is 34.4. The molecule has 0 bridgehead atoms. The van der Waals surface area contributed by atoms with Crippen molar-refractivity contribution in [3.8, 4) is 33.8 Å². The first-order valence-electron chi connectivity index (χ1n) is 14.0. The van der Waals surface area contributed by atoms with E-state index in [1.807, 2.05) is 54.6 Å². The Kier molecular flexibility index (Phi) is 13.4. The number of hydrogen-bond acceptors (Lipinski definition) is 3. The second kappa shape index (κ2) is 17.0. The first-order valence-corrected chi connectivity index (χ1v) is 14.0. The molecule has 13 heteroatoms. The molecule has 6 rings (SSSR count). The van der Waals surface area contributed by atoms with Crippen LogP contribution in [-0.4, -0.2) is 15.0 Å². The van der Waals surface area contributed by atoms with Crippen LogP contribution in [0.4, 0.5) is 39.5 Å². The number of nitrogens with zero attached hydrogens (tertiary/aromatic N) is 3. The quantitative estimate of drug-likeness (QED) is 0.166. The predicted molar refractivity (Wildman–Crippen MR) is 164 cm³/mol. The maximum Gasteiger partial charge on any atom is 3.00 e. The van der Waals surface area contributed by atoms with E-state index in [1.54, 1.807) is 36.4 Å². The van der Waals surface area contributed by atoms with Gasteiger partial charge in [0.1, 0.15) is 0 Å². The van der Waals surface area contributed by atoms with Gasteiger partial charge < -0.3 is 0 Å². The molecule has 0 aliphatic rings. The van der Waals surface area contributed by atoms with Gasteiger partial charge in [0.15, 0.2) is 0 Å². The number of alkyl halides is 9. The molecule has 0 amide bonds. The van der Waals surface area contributed by atoms with Crippen LogP contribution in [0.5, 0.6) is 0 Å². The average Bonchev–Trinajstić information content (AvgIpc) is 3.09. The number of aromatic nitrogens is 3. The molecule has 6 aromatic rings. The van der Waals surface area contributed by atoms with Gasteiger partial charge in [0.2, 0.25) is 0 Å². The van der Waals surface area contributed by atoms with E-state index in [9.17, 15) is 39.5 Å². The van der Waals surface area contributed by atoms with Gasteiger partial charge in [-0.25, -0.2) is 0 Å². The molecule has 3 aromatic heterocycles. The largest absolute Gasteiger partial charge is 3.00 e. The minimum atomic E-state index is -4.33. The Bertz CT molecular complexity index is 1610. The molecule has 0 N–H and O–H groups in total. The summed E-state index contributed by atoms with van der Waals surface area (Å²) in [5.41, 5.74) is 1.83. The monoisotopic (exact) mass is 862 g/mol. The fourth-order valence-electron chi connectivity index (χ4n) is 4.02. The summed E-state index contributed by atoms with van der Waals surface area (Å²) in [7, 11) is 0. The van der Waals surface area contributed by atoms with Crippen LogP contribution in [0.15, 0.2) is 146 Å². The summed E-state index contributed by atoms with van der Waals surface area (Å²) in [5.74, 6) is 0. The van der Waals surface area contributed by atoms with Crippen LogP contribution < -0.4 is 0 Å². The Morgan fingerprint density at radius 1 is 0.306 bits per heavy atom.